The number of nitrogens with zero attached hydrogens (tertiary/aromatic N) is 2. The summed E-state index contributed by atoms with van der Waals surface area (Å²) in [5.74, 6) is 0. The Kier molecular flexibility index (Phi) is 6.82. The number of hydrogen-bond donors (Lipinski definition) is 1. The summed E-state index contributed by atoms with van der Waals surface area (Å²) in [6.07, 6.45) is -3.00. The lowest BCUT2D eigenvalue weighted by molar-refractivity contribution is -0.149. The number of rotatable bonds is 7. The van der Waals surface area contributed by atoms with Gasteiger partial charge in [0.05, 0.1) is 6.54 Å². The molecule has 0 aromatic carbocycles. The maximum atomic E-state index is 12.2. The van der Waals surface area contributed by atoms with Crippen molar-refractivity contribution in [2.24, 2.45) is 0 Å². The smallest absolute Gasteiger partial charge is 0.313 e. The minimum absolute atomic E-state index is 0.481. The van der Waals surface area contributed by atoms with Crippen LogP contribution in [0.25, 0.3) is 0 Å². The van der Waals surface area contributed by atoms with Gasteiger partial charge in [-0.15, -0.1) is 0 Å². The topological polar surface area (TPSA) is 18.5 Å². The molecule has 112 valence electrons. The van der Waals surface area contributed by atoms with Gasteiger partial charge in [-0.25, -0.2) is 0 Å². The molecule has 1 rings (SSSR count). The van der Waals surface area contributed by atoms with Gasteiger partial charge in [0.25, 0.3) is 0 Å². The lowest BCUT2D eigenvalue weighted by Crippen LogP contribution is -2.49. The molecule has 0 radical (unpaired) electrons. The molecule has 0 amide bonds. The van der Waals surface area contributed by atoms with E-state index in [0.29, 0.717) is 26.2 Å². The number of halogens is 3. The molecule has 1 saturated heterocycles. The van der Waals surface area contributed by atoms with Gasteiger partial charge in [-0.1, -0.05) is 13.5 Å². The molecule has 0 saturated carbocycles. The SMILES string of the molecule is C=C(CNCCC)CN1CCN(CC(F)(F)F)CC1. The maximum Gasteiger partial charge on any atom is 0.401 e. The van der Waals surface area contributed by atoms with E-state index in [0.717, 1.165) is 31.6 Å². The van der Waals surface area contributed by atoms with E-state index in [4.69, 9.17) is 0 Å². The summed E-state index contributed by atoms with van der Waals surface area (Å²) in [4.78, 5) is 3.64. The molecule has 0 aliphatic carbocycles. The van der Waals surface area contributed by atoms with Crippen molar-refractivity contribution in [3.63, 3.8) is 0 Å². The van der Waals surface area contributed by atoms with E-state index >= 15 is 0 Å². The molecule has 1 fully saturated rings. The molecule has 0 atom stereocenters. The molecular weight excluding hydrogens is 255 g/mol. The molecule has 0 bridgehead atoms. The van der Waals surface area contributed by atoms with Crippen LogP contribution in [-0.2, 0) is 0 Å². The van der Waals surface area contributed by atoms with Crippen LogP contribution in [0, 0.1) is 0 Å². The van der Waals surface area contributed by atoms with E-state index in [1.807, 2.05) is 0 Å². The molecule has 1 heterocycles. The number of hydrogen-bond acceptors (Lipinski definition) is 3. The fraction of sp³-hybridized carbons (Fsp3) is 0.846. The number of alkyl halides is 3. The Morgan fingerprint density at radius 2 is 1.74 bits per heavy atom. The van der Waals surface area contributed by atoms with Crippen molar-refractivity contribution in [3.8, 4) is 0 Å². The van der Waals surface area contributed by atoms with Crippen molar-refractivity contribution >= 4 is 0 Å². The van der Waals surface area contributed by atoms with Crippen LogP contribution in [0.1, 0.15) is 13.3 Å². The molecule has 0 spiro atoms. The van der Waals surface area contributed by atoms with Crippen molar-refractivity contribution < 1.29 is 13.2 Å². The standard InChI is InChI=1S/C13H24F3N3/c1-3-4-17-9-12(2)10-18-5-7-19(8-6-18)11-13(14,15)16/h17H,2-11H2,1H3. The minimum Gasteiger partial charge on any atom is -0.313 e. The van der Waals surface area contributed by atoms with Gasteiger partial charge in [-0.2, -0.15) is 13.2 Å². The zero-order valence-corrected chi connectivity index (χ0v) is 11.6. The fourth-order valence-electron chi connectivity index (χ4n) is 2.17. The first-order valence-electron chi connectivity index (χ1n) is 6.79. The Bertz CT molecular complexity index is 271. The summed E-state index contributed by atoms with van der Waals surface area (Å²) in [6.45, 7) is 10.2. The lowest BCUT2D eigenvalue weighted by Gasteiger charge is -2.35. The third-order valence-corrected chi connectivity index (χ3v) is 3.12. The summed E-state index contributed by atoms with van der Waals surface area (Å²) in [6, 6.07) is 0. The van der Waals surface area contributed by atoms with Crippen LogP contribution in [0.4, 0.5) is 13.2 Å². The average molecular weight is 279 g/mol. The van der Waals surface area contributed by atoms with E-state index in [2.05, 4.69) is 23.7 Å². The third-order valence-electron chi connectivity index (χ3n) is 3.12. The van der Waals surface area contributed by atoms with Crippen molar-refractivity contribution in [2.45, 2.75) is 19.5 Å². The van der Waals surface area contributed by atoms with Crippen LogP contribution in [0.3, 0.4) is 0 Å². The van der Waals surface area contributed by atoms with Crippen molar-refractivity contribution in [3.05, 3.63) is 12.2 Å². The second-order valence-corrected chi connectivity index (χ2v) is 5.09. The van der Waals surface area contributed by atoms with E-state index in [-0.39, 0.29) is 0 Å². The number of nitrogens with one attached hydrogen (secondary N) is 1. The second kappa shape index (κ2) is 7.87. The zero-order chi connectivity index (χ0) is 14.3. The van der Waals surface area contributed by atoms with Gasteiger partial charge in [-0.05, 0) is 18.5 Å². The molecular formula is C13H24F3N3. The molecule has 1 N–H and O–H groups in total. The summed E-state index contributed by atoms with van der Waals surface area (Å²) in [5.41, 5.74) is 1.10. The molecule has 0 aromatic rings. The van der Waals surface area contributed by atoms with Crippen molar-refractivity contribution in [1.82, 2.24) is 15.1 Å². The lowest BCUT2D eigenvalue weighted by atomic mass is 10.2. The monoisotopic (exact) mass is 279 g/mol. The molecule has 19 heavy (non-hydrogen) atoms. The van der Waals surface area contributed by atoms with E-state index in [1.165, 1.54) is 4.90 Å². The fourth-order valence-corrected chi connectivity index (χ4v) is 2.17. The van der Waals surface area contributed by atoms with E-state index in [9.17, 15) is 13.2 Å². The van der Waals surface area contributed by atoms with Crippen LogP contribution in [0.2, 0.25) is 0 Å². The summed E-state index contributed by atoms with van der Waals surface area (Å²) in [5, 5.41) is 3.28. The molecule has 1 aliphatic heterocycles. The van der Waals surface area contributed by atoms with Crippen LogP contribution in [0.5, 0.6) is 0 Å². The van der Waals surface area contributed by atoms with Crippen LogP contribution in [0.15, 0.2) is 12.2 Å². The maximum absolute atomic E-state index is 12.2. The summed E-state index contributed by atoms with van der Waals surface area (Å²) in [7, 11) is 0. The highest BCUT2D eigenvalue weighted by atomic mass is 19.4. The van der Waals surface area contributed by atoms with E-state index in [1.54, 1.807) is 0 Å². The molecule has 6 heteroatoms. The Hall–Kier alpha value is -0.590. The molecule has 0 unspecified atom stereocenters. The van der Waals surface area contributed by atoms with Gasteiger partial charge in [0, 0.05) is 39.3 Å². The Balaban J connectivity index is 2.17. The van der Waals surface area contributed by atoms with Gasteiger partial charge in [0.15, 0.2) is 0 Å². The van der Waals surface area contributed by atoms with Gasteiger partial charge in [-0.3, -0.25) is 9.80 Å². The Morgan fingerprint density at radius 3 is 2.26 bits per heavy atom. The van der Waals surface area contributed by atoms with Gasteiger partial charge >= 0.3 is 6.18 Å². The highest BCUT2D eigenvalue weighted by Crippen LogP contribution is 2.17. The zero-order valence-electron chi connectivity index (χ0n) is 11.6. The predicted octanol–water partition coefficient (Wildman–Crippen LogP) is 1.72. The third kappa shape index (κ3) is 7.54. The number of piperazine rings is 1. The first kappa shape index (κ1) is 16.5. The van der Waals surface area contributed by atoms with Gasteiger partial charge in [0.2, 0.25) is 0 Å². The Morgan fingerprint density at radius 1 is 1.16 bits per heavy atom. The normalized spacial score (nSPS) is 18.7. The quantitative estimate of drug-likeness (QED) is 0.565. The minimum atomic E-state index is -4.09. The summed E-state index contributed by atoms with van der Waals surface area (Å²) >= 11 is 0. The van der Waals surface area contributed by atoms with Crippen molar-refractivity contribution in [2.75, 3.05) is 52.4 Å². The van der Waals surface area contributed by atoms with Gasteiger partial charge < -0.3 is 5.32 Å². The molecule has 3 nitrogen and oxygen atoms in total. The highest BCUT2D eigenvalue weighted by Gasteiger charge is 2.32. The molecule has 0 aromatic heterocycles. The average Bonchev–Trinajstić information content (AvgIpc) is 2.30. The first-order chi connectivity index (χ1) is 8.90. The van der Waals surface area contributed by atoms with Gasteiger partial charge in [0.1, 0.15) is 0 Å². The Labute approximate surface area is 113 Å². The van der Waals surface area contributed by atoms with Crippen LogP contribution >= 0.6 is 0 Å². The summed E-state index contributed by atoms with van der Waals surface area (Å²) < 4.78 is 36.7. The highest BCUT2D eigenvalue weighted by molar-refractivity contribution is 5.00. The van der Waals surface area contributed by atoms with E-state index < -0.39 is 12.7 Å². The van der Waals surface area contributed by atoms with Crippen LogP contribution in [-0.4, -0.2) is 68.3 Å². The second-order valence-electron chi connectivity index (χ2n) is 5.09. The van der Waals surface area contributed by atoms with Crippen LogP contribution < -0.4 is 5.32 Å². The first-order valence-corrected chi connectivity index (χ1v) is 6.79. The molecule has 1 aliphatic rings. The largest absolute Gasteiger partial charge is 0.401 e. The van der Waals surface area contributed by atoms with Crippen molar-refractivity contribution in [1.29, 1.82) is 0 Å². The predicted molar refractivity (Wildman–Crippen MR) is 71.2 cm³/mol.